The summed E-state index contributed by atoms with van der Waals surface area (Å²) in [6, 6.07) is 3.57. The van der Waals surface area contributed by atoms with Crippen LogP contribution in [0.1, 0.15) is 24.8 Å². The third-order valence-corrected chi connectivity index (χ3v) is 3.67. The molecule has 1 amide bonds. The molecule has 1 fully saturated rings. The maximum atomic E-state index is 13.6. The molecule has 0 spiro atoms. The number of piperidine rings is 1. The van der Waals surface area contributed by atoms with Crippen molar-refractivity contribution in [2.45, 2.75) is 25.3 Å². The van der Waals surface area contributed by atoms with Gasteiger partial charge in [-0.15, -0.1) is 0 Å². The average molecular weight is 307 g/mol. The van der Waals surface area contributed by atoms with E-state index in [2.05, 4.69) is 0 Å². The highest BCUT2D eigenvalue weighted by molar-refractivity contribution is 5.94. The average Bonchev–Trinajstić information content (AvgIpc) is 2.52. The summed E-state index contributed by atoms with van der Waals surface area (Å²) in [5.41, 5.74) is 0.510. The molecule has 5 nitrogen and oxygen atoms in total. The van der Waals surface area contributed by atoms with Gasteiger partial charge in [-0.2, -0.15) is 0 Å². The van der Waals surface area contributed by atoms with Gasteiger partial charge in [0, 0.05) is 12.6 Å². The molecule has 1 aromatic rings. The Morgan fingerprint density at radius 2 is 2.18 bits per heavy atom. The molecule has 0 aliphatic carbocycles. The molecule has 22 heavy (non-hydrogen) atoms. The zero-order valence-electron chi connectivity index (χ0n) is 12.3. The summed E-state index contributed by atoms with van der Waals surface area (Å²) < 4.78 is 18.4. The maximum Gasteiger partial charge on any atom is 0.326 e. The number of hydrogen-bond acceptors (Lipinski definition) is 3. The number of carbonyl (C=O) groups excluding carboxylic acids is 1. The van der Waals surface area contributed by atoms with Gasteiger partial charge < -0.3 is 14.7 Å². The highest BCUT2D eigenvalue weighted by Gasteiger charge is 2.30. The zero-order chi connectivity index (χ0) is 16.1. The van der Waals surface area contributed by atoms with Gasteiger partial charge in [-0.3, -0.25) is 4.79 Å². The Bertz CT molecular complexity index is 600. The van der Waals surface area contributed by atoms with Crippen LogP contribution in [0.4, 0.5) is 4.39 Å². The van der Waals surface area contributed by atoms with Crippen LogP contribution in [0.2, 0.25) is 0 Å². The number of amides is 1. The molecular formula is C16H18FNO4. The molecule has 0 radical (unpaired) electrons. The van der Waals surface area contributed by atoms with Gasteiger partial charge in [-0.1, -0.05) is 6.07 Å². The molecule has 1 saturated heterocycles. The fourth-order valence-corrected chi connectivity index (χ4v) is 2.50. The van der Waals surface area contributed by atoms with Crippen molar-refractivity contribution in [3.05, 3.63) is 35.7 Å². The number of ether oxygens (including phenoxy) is 1. The van der Waals surface area contributed by atoms with E-state index in [0.29, 0.717) is 18.5 Å². The fraction of sp³-hybridized carbons (Fsp3) is 0.375. The summed E-state index contributed by atoms with van der Waals surface area (Å²) in [5.74, 6) is -1.75. The van der Waals surface area contributed by atoms with Crippen LogP contribution >= 0.6 is 0 Å². The van der Waals surface area contributed by atoms with E-state index < -0.39 is 17.8 Å². The topological polar surface area (TPSA) is 66.8 Å². The normalized spacial score (nSPS) is 18.5. The monoisotopic (exact) mass is 307 g/mol. The number of carboxylic acid groups (broad SMARTS) is 1. The molecule has 0 unspecified atom stereocenters. The minimum Gasteiger partial charge on any atom is -0.494 e. The second-order valence-corrected chi connectivity index (χ2v) is 5.11. The molecule has 1 aliphatic rings. The first-order valence-corrected chi connectivity index (χ1v) is 7.08. The van der Waals surface area contributed by atoms with Crippen LogP contribution in [-0.2, 0) is 9.59 Å². The summed E-state index contributed by atoms with van der Waals surface area (Å²) in [6.45, 7) is 0.428. The first-order valence-electron chi connectivity index (χ1n) is 7.08. The smallest absolute Gasteiger partial charge is 0.326 e. The van der Waals surface area contributed by atoms with Gasteiger partial charge in [-0.25, -0.2) is 9.18 Å². The quantitative estimate of drug-likeness (QED) is 0.867. The lowest BCUT2D eigenvalue weighted by molar-refractivity contribution is -0.150. The number of likely N-dealkylation sites (tertiary alicyclic amines) is 1. The predicted octanol–water partition coefficient (Wildman–Crippen LogP) is 2.31. The number of methoxy groups -OCH3 is 1. The van der Waals surface area contributed by atoms with E-state index in [0.717, 1.165) is 12.8 Å². The molecule has 118 valence electrons. The molecule has 0 aromatic heterocycles. The van der Waals surface area contributed by atoms with Crippen LogP contribution in [0.25, 0.3) is 6.08 Å². The molecule has 1 aromatic carbocycles. The number of benzene rings is 1. The Morgan fingerprint density at radius 3 is 2.82 bits per heavy atom. The minimum atomic E-state index is -0.989. The number of carboxylic acids is 1. The second kappa shape index (κ2) is 7.06. The van der Waals surface area contributed by atoms with Crippen molar-refractivity contribution in [1.29, 1.82) is 0 Å². The molecule has 0 saturated carbocycles. The Morgan fingerprint density at radius 1 is 1.41 bits per heavy atom. The standard InChI is InChI=1S/C16H18FNO4/c1-22-14-7-5-11(10-12(14)17)6-8-15(19)18-9-3-2-4-13(18)16(20)21/h5-8,10,13H,2-4,9H2,1H3,(H,20,21)/b8-6+/t13-/m1/s1. The van der Waals surface area contributed by atoms with Gasteiger partial charge in [0.25, 0.3) is 0 Å². The van der Waals surface area contributed by atoms with E-state index in [1.807, 2.05) is 0 Å². The molecule has 1 N–H and O–H groups in total. The number of hydrogen-bond donors (Lipinski definition) is 1. The molecule has 1 heterocycles. The van der Waals surface area contributed by atoms with Gasteiger partial charge in [0.15, 0.2) is 11.6 Å². The van der Waals surface area contributed by atoms with Gasteiger partial charge in [0.1, 0.15) is 6.04 Å². The van der Waals surface area contributed by atoms with E-state index in [9.17, 15) is 14.0 Å². The summed E-state index contributed by atoms with van der Waals surface area (Å²) >= 11 is 0. The van der Waals surface area contributed by atoms with Crippen molar-refractivity contribution in [3.63, 3.8) is 0 Å². The van der Waals surface area contributed by atoms with Crippen LogP contribution in [0.5, 0.6) is 5.75 Å². The van der Waals surface area contributed by atoms with Crippen molar-refractivity contribution in [1.82, 2.24) is 4.90 Å². The van der Waals surface area contributed by atoms with Gasteiger partial charge >= 0.3 is 5.97 Å². The SMILES string of the molecule is COc1ccc(/C=C/C(=O)N2CCCC[C@@H]2C(=O)O)cc1F. The number of rotatable bonds is 4. The van der Waals surface area contributed by atoms with E-state index in [1.165, 1.54) is 36.3 Å². The molecular weight excluding hydrogens is 289 g/mol. The van der Waals surface area contributed by atoms with Crippen LogP contribution < -0.4 is 4.74 Å². The summed E-state index contributed by atoms with van der Waals surface area (Å²) in [6.07, 6.45) is 4.81. The van der Waals surface area contributed by atoms with E-state index >= 15 is 0 Å². The summed E-state index contributed by atoms with van der Waals surface area (Å²) in [5, 5.41) is 9.16. The van der Waals surface area contributed by atoms with Crippen molar-refractivity contribution in [3.8, 4) is 5.75 Å². The van der Waals surface area contributed by atoms with E-state index in [1.54, 1.807) is 6.07 Å². The fourth-order valence-electron chi connectivity index (χ4n) is 2.50. The van der Waals surface area contributed by atoms with Crippen LogP contribution in [0.3, 0.4) is 0 Å². The van der Waals surface area contributed by atoms with Crippen molar-refractivity contribution < 1.29 is 23.8 Å². The summed E-state index contributed by atoms with van der Waals surface area (Å²) in [4.78, 5) is 24.7. The maximum absolute atomic E-state index is 13.6. The number of aliphatic carboxylic acids is 1. The Labute approximate surface area is 128 Å². The first-order chi connectivity index (χ1) is 10.5. The highest BCUT2D eigenvalue weighted by atomic mass is 19.1. The first kappa shape index (κ1) is 16.0. The molecule has 0 bridgehead atoms. The van der Waals surface area contributed by atoms with Gasteiger partial charge in [0.05, 0.1) is 7.11 Å². The summed E-state index contributed by atoms with van der Waals surface area (Å²) in [7, 11) is 1.37. The number of halogens is 1. The lowest BCUT2D eigenvalue weighted by Gasteiger charge is -2.32. The Balaban J connectivity index is 2.10. The Hall–Kier alpha value is -2.37. The van der Waals surface area contributed by atoms with Crippen LogP contribution in [0.15, 0.2) is 24.3 Å². The highest BCUT2D eigenvalue weighted by Crippen LogP contribution is 2.20. The lowest BCUT2D eigenvalue weighted by atomic mass is 10.0. The van der Waals surface area contributed by atoms with E-state index in [-0.39, 0.29) is 11.7 Å². The van der Waals surface area contributed by atoms with Crippen molar-refractivity contribution in [2.24, 2.45) is 0 Å². The van der Waals surface area contributed by atoms with Crippen LogP contribution in [-0.4, -0.2) is 41.6 Å². The molecule has 2 rings (SSSR count). The minimum absolute atomic E-state index is 0.130. The Kier molecular flexibility index (Phi) is 5.14. The molecule has 1 aliphatic heterocycles. The van der Waals surface area contributed by atoms with Crippen molar-refractivity contribution >= 4 is 18.0 Å². The zero-order valence-corrected chi connectivity index (χ0v) is 12.3. The third kappa shape index (κ3) is 3.63. The largest absolute Gasteiger partial charge is 0.494 e. The molecule has 6 heteroatoms. The van der Waals surface area contributed by atoms with Gasteiger partial charge in [-0.05, 0) is 43.0 Å². The predicted molar refractivity (Wildman–Crippen MR) is 79.0 cm³/mol. The van der Waals surface area contributed by atoms with Crippen LogP contribution in [0, 0.1) is 5.82 Å². The lowest BCUT2D eigenvalue weighted by Crippen LogP contribution is -2.47. The van der Waals surface area contributed by atoms with Gasteiger partial charge in [0.2, 0.25) is 5.91 Å². The number of carbonyl (C=O) groups is 2. The van der Waals surface area contributed by atoms with Crippen molar-refractivity contribution in [2.75, 3.05) is 13.7 Å². The molecule has 1 atom stereocenters. The number of nitrogens with zero attached hydrogens (tertiary/aromatic N) is 1. The third-order valence-electron chi connectivity index (χ3n) is 3.67. The second-order valence-electron chi connectivity index (χ2n) is 5.11. The van der Waals surface area contributed by atoms with E-state index in [4.69, 9.17) is 9.84 Å².